The highest BCUT2D eigenvalue weighted by Crippen LogP contribution is 2.34. The van der Waals surface area contributed by atoms with Gasteiger partial charge in [-0.2, -0.15) is 0 Å². The van der Waals surface area contributed by atoms with Gasteiger partial charge in [-0.1, -0.05) is 59.9 Å². The molecule has 1 fully saturated rings. The lowest BCUT2D eigenvalue weighted by atomic mass is 9.96. The van der Waals surface area contributed by atoms with Crippen molar-refractivity contribution in [3.05, 3.63) is 46.4 Å². The van der Waals surface area contributed by atoms with Crippen molar-refractivity contribution in [2.24, 2.45) is 5.14 Å². The summed E-state index contributed by atoms with van der Waals surface area (Å²) >= 11 is 13.4. The topological polar surface area (TPSA) is 144 Å². The predicted octanol–water partition coefficient (Wildman–Crippen LogP) is 4.70. The molecule has 4 rings (SSSR count). The molecule has 3 aromatic rings. The highest BCUT2D eigenvalue weighted by Gasteiger charge is 2.22. The lowest BCUT2D eigenvalue weighted by Gasteiger charge is -2.21. The van der Waals surface area contributed by atoms with Crippen LogP contribution in [0.1, 0.15) is 32.1 Å². The van der Waals surface area contributed by atoms with Crippen molar-refractivity contribution >= 4 is 65.4 Å². The molecule has 1 aromatic heterocycles. The molecule has 0 bridgehead atoms. The molecule has 1 aliphatic rings. The summed E-state index contributed by atoms with van der Waals surface area (Å²) in [5, 5.41) is 18.0. The van der Waals surface area contributed by atoms with Crippen LogP contribution < -0.4 is 15.2 Å². The Morgan fingerprint density at radius 3 is 2.29 bits per heavy atom. The Balaban J connectivity index is 1.59. The van der Waals surface area contributed by atoms with Crippen molar-refractivity contribution in [3.8, 4) is 10.6 Å². The average molecular weight is 563 g/mol. The fourth-order valence-corrected chi connectivity index (χ4v) is 7.12. The Morgan fingerprint density at radius 1 is 0.912 bits per heavy atom. The minimum Gasteiger partial charge on any atom is -0.357 e. The quantitative estimate of drug-likeness (QED) is 0.378. The zero-order valence-electron chi connectivity index (χ0n) is 17.7. The molecular weight excluding hydrogens is 541 g/mol. The van der Waals surface area contributed by atoms with Gasteiger partial charge in [-0.25, -0.2) is 22.0 Å². The number of hydrogen-bond acceptors (Lipinski definition) is 8. The number of aromatic nitrogens is 2. The zero-order chi connectivity index (χ0) is 24.5. The minimum atomic E-state index is -4.19. The number of halogens is 2. The first-order valence-corrected chi connectivity index (χ1v) is 14.9. The minimum absolute atomic E-state index is 0.0121. The van der Waals surface area contributed by atoms with E-state index >= 15 is 0 Å². The van der Waals surface area contributed by atoms with Gasteiger partial charge in [0.05, 0.1) is 15.7 Å². The number of nitrogens with two attached hydrogens (primary N) is 1. The Kier molecular flexibility index (Phi) is 7.36. The number of sulfonamides is 2. The average Bonchev–Trinajstić information content (AvgIpc) is 3.23. The van der Waals surface area contributed by atoms with Crippen LogP contribution in [-0.2, 0) is 20.0 Å². The molecule has 4 N–H and O–H groups in total. The van der Waals surface area contributed by atoms with E-state index in [-0.39, 0.29) is 20.6 Å². The lowest BCUT2D eigenvalue weighted by Crippen LogP contribution is -2.21. The van der Waals surface area contributed by atoms with Crippen LogP contribution in [-0.4, -0.2) is 33.1 Å². The predicted molar refractivity (Wildman–Crippen MR) is 134 cm³/mol. The summed E-state index contributed by atoms with van der Waals surface area (Å²) in [7, 11) is -8.33. The van der Waals surface area contributed by atoms with Crippen molar-refractivity contribution in [3.63, 3.8) is 0 Å². The molecule has 0 amide bonds. The van der Waals surface area contributed by atoms with E-state index in [1.807, 2.05) is 0 Å². The van der Waals surface area contributed by atoms with E-state index in [1.165, 1.54) is 54.9 Å². The van der Waals surface area contributed by atoms with Crippen molar-refractivity contribution in [2.45, 2.75) is 47.9 Å². The Bertz CT molecular complexity index is 1420. The molecule has 1 heterocycles. The highest BCUT2D eigenvalue weighted by molar-refractivity contribution is 7.93. The van der Waals surface area contributed by atoms with Crippen molar-refractivity contribution in [1.29, 1.82) is 0 Å². The molecule has 0 atom stereocenters. The maximum atomic E-state index is 13.1. The van der Waals surface area contributed by atoms with Crippen LogP contribution in [0.2, 0.25) is 10.0 Å². The van der Waals surface area contributed by atoms with Crippen molar-refractivity contribution < 1.29 is 16.8 Å². The molecule has 0 saturated heterocycles. The van der Waals surface area contributed by atoms with Gasteiger partial charge in [-0.15, -0.1) is 10.2 Å². The van der Waals surface area contributed by atoms with Crippen molar-refractivity contribution in [1.82, 2.24) is 10.2 Å². The monoisotopic (exact) mass is 561 g/mol. The highest BCUT2D eigenvalue weighted by atomic mass is 35.5. The second kappa shape index (κ2) is 9.96. The summed E-state index contributed by atoms with van der Waals surface area (Å²) in [6.07, 6.45) is 5.78. The summed E-state index contributed by atoms with van der Waals surface area (Å²) < 4.78 is 51.9. The number of nitrogens with zero attached hydrogens (tertiary/aromatic N) is 2. The third-order valence-corrected chi connectivity index (χ3v) is 9.47. The molecule has 14 heteroatoms. The number of hydrogen-bond donors (Lipinski definition) is 3. The maximum absolute atomic E-state index is 13.1. The van der Waals surface area contributed by atoms with Gasteiger partial charge < -0.3 is 5.32 Å². The summed E-state index contributed by atoms with van der Waals surface area (Å²) in [4.78, 5) is -0.600. The molecule has 1 aliphatic carbocycles. The number of primary sulfonamides is 1. The molecule has 0 unspecified atom stereocenters. The van der Waals surface area contributed by atoms with Gasteiger partial charge in [0.25, 0.3) is 10.0 Å². The van der Waals surface area contributed by atoms with Gasteiger partial charge in [-0.05, 0) is 43.2 Å². The standard InChI is InChI=1S/C20H21Cl2N5O4S3/c21-15-9-7-14(11-17(15)33(23,28)29)27-34(30,31)18-10-12(6-8-16(18)22)19-25-26-20(32-19)24-13-4-2-1-3-5-13/h6-11,13,27H,1-5H2,(H,24,26)(H2,23,28,29). The number of nitrogens with one attached hydrogen (secondary N) is 2. The van der Waals surface area contributed by atoms with Crippen molar-refractivity contribution in [2.75, 3.05) is 10.0 Å². The number of benzene rings is 2. The fourth-order valence-electron chi connectivity index (χ4n) is 3.66. The second-order valence-electron chi connectivity index (χ2n) is 7.83. The van der Waals surface area contributed by atoms with E-state index in [0.717, 1.165) is 18.9 Å². The van der Waals surface area contributed by atoms with Crippen LogP contribution in [0.5, 0.6) is 0 Å². The molecule has 1 saturated carbocycles. The van der Waals surface area contributed by atoms with Gasteiger partial charge in [0.2, 0.25) is 15.2 Å². The summed E-state index contributed by atoms with van der Waals surface area (Å²) in [6.45, 7) is 0. The van der Waals surface area contributed by atoms with E-state index in [0.29, 0.717) is 21.7 Å². The van der Waals surface area contributed by atoms with E-state index in [2.05, 4.69) is 20.2 Å². The molecule has 182 valence electrons. The van der Waals surface area contributed by atoms with E-state index < -0.39 is 24.9 Å². The first-order chi connectivity index (χ1) is 16.0. The van der Waals surface area contributed by atoms with Gasteiger partial charge >= 0.3 is 0 Å². The smallest absolute Gasteiger partial charge is 0.263 e. The third-order valence-electron chi connectivity index (χ3n) is 5.32. The Hall–Kier alpha value is -1.96. The molecule has 34 heavy (non-hydrogen) atoms. The summed E-state index contributed by atoms with van der Waals surface area (Å²) in [6, 6.07) is 8.47. The van der Waals surface area contributed by atoms with Crippen LogP contribution in [0.3, 0.4) is 0 Å². The maximum Gasteiger partial charge on any atom is 0.263 e. The fraction of sp³-hybridized carbons (Fsp3) is 0.300. The van der Waals surface area contributed by atoms with E-state index in [4.69, 9.17) is 28.3 Å². The lowest BCUT2D eigenvalue weighted by molar-refractivity contribution is 0.462. The molecule has 0 radical (unpaired) electrons. The number of anilines is 2. The second-order valence-corrected chi connectivity index (χ2v) is 12.8. The number of rotatable bonds is 7. The molecule has 2 aromatic carbocycles. The summed E-state index contributed by atoms with van der Waals surface area (Å²) in [5.41, 5.74) is 0.491. The van der Waals surface area contributed by atoms with Gasteiger partial charge in [0, 0.05) is 11.6 Å². The van der Waals surface area contributed by atoms with Crippen LogP contribution in [0.15, 0.2) is 46.2 Å². The third kappa shape index (κ3) is 5.81. The first-order valence-electron chi connectivity index (χ1n) is 10.3. The van der Waals surface area contributed by atoms with E-state index in [1.54, 1.807) is 6.07 Å². The zero-order valence-corrected chi connectivity index (χ0v) is 21.6. The Labute approximate surface area is 211 Å². The Morgan fingerprint density at radius 2 is 1.59 bits per heavy atom. The largest absolute Gasteiger partial charge is 0.357 e. The normalized spacial score (nSPS) is 15.3. The van der Waals surface area contributed by atoms with Crippen LogP contribution in [0.25, 0.3) is 10.6 Å². The first kappa shape index (κ1) is 25.1. The van der Waals surface area contributed by atoms with Gasteiger partial charge in [-0.3, -0.25) is 4.72 Å². The van der Waals surface area contributed by atoms with Crippen LogP contribution in [0, 0.1) is 0 Å². The molecule has 9 nitrogen and oxygen atoms in total. The van der Waals surface area contributed by atoms with Gasteiger partial charge in [0.15, 0.2) is 0 Å². The van der Waals surface area contributed by atoms with E-state index in [9.17, 15) is 16.8 Å². The molecule has 0 spiro atoms. The SMILES string of the molecule is NS(=O)(=O)c1cc(NS(=O)(=O)c2cc(-c3nnc(NC4CCCCC4)s3)ccc2Cl)ccc1Cl. The molecule has 0 aliphatic heterocycles. The van der Waals surface area contributed by atoms with Gasteiger partial charge in [0.1, 0.15) is 14.8 Å². The van der Waals surface area contributed by atoms with Crippen LogP contribution in [0.4, 0.5) is 10.8 Å². The van der Waals surface area contributed by atoms with Crippen LogP contribution >= 0.6 is 34.5 Å². The summed E-state index contributed by atoms with van der Waals surface area (Å²) in [5.74, 6) is 0. The molecular formula is C20H21Cl2N5O4S3.